The molecule has 5 aromatic rings. The molecule has 1 fully saturated rings. The molecule has 0 atom stereocenters. The fourth-order valence-corrected chi connectivity index (χ4v) is 5.34. The minimum absolute atomic E-state index is 0.0546. The summed E-state index contributed by atoms with van der Waals surface area (Å²) in [7, 11) is 1.53. The van der Waals surface area contributed by atoms with Crippen molar-refractivity contribution in [2.75, 3.05) is 0 Å². The van der Waals surface area contributed by atoms with Crippen molar-refractivity contribution < 1.29 is 4.79 Å². The molecule has 7 nitrogen and oxygen atoms in total. The number of nitrogens with zero attached hydrogens (tertiary/aromatic N) is 4. The second-order valence-corrected chi connectivity index (χ2v) is 10.0. The first-order chi connectivity index (χ1) is 17.9. The highest BCUT2D eigenvalue weighted by Gasteiger charge is 2.26. The number of Topliss-reactive ketones (excluding diaryl/α,β-unsaturated/α-hetero) is 1. The van der Waals surface area contributed by atoms with Crippen LogP contribution in [0.5, 0.6) is 0 Å². The molecular formula is C30H28N4O3. The van der Waals surface area contributed by atoms with E-state index in [0.717, 1.165) is 41.2 Å². The number of hydrogen-bond donors (Lipinski definition) is 0. The third-order valence-electron chi connectivity index (χ3n) is 7.63. The maximum atomic E-state index is 13.6. The number of fused-ring (bicyclic) bond motifs is 2. The summed E-state index contributed by atoms with van der Waals surface area (Å²) in [4.78, 5) is 39.0. The highest BCUT2D eigenvalue weighted by Crippen LogP contribution is 2.31. The zero-order valence-electron chi connectivity index (χ0n) is 21.0. The number of rotatable bonds is 6. The summed E-state index contributed by atoms with van der Waals surface area (Å²) < 4.78 is 4.67. The topological polar surface area (TPSA) is 78.9 Å². The standard InChI is InChI=1S/C30H28N4O3/c1-19(35)22-12-7-13-23(16-22)27-26-28(33(17-20-8-5-9-20)30(37)32(2)29(26)36)31-34(27)18-24-14-6-11-21-10-3-4-15-25(21)24/h3-4,6-7,10-16,20H,5,8-9,17-18H2,1-2H3. The average molecular weight is 493 g/mol. The van der Waals surface area contributed by atoms with E-state index in [0.29, 0.717) is 41.3 Å². The molecule has 2 heterocycles. The number of carbonyl (C=O) groups excluding carboxylic acids is 1. The molecule has 0 spiro atoms. The second kappa shape index (κ2) is 9.00. The Hall–Kier alpha value is -4.26. The predicted octanol–water partition coefficient (Wildman–Crippen LogP) is 4.77. The molecule has 186 valence electrons. The van der Waals surface area contributed by atoms with E-state index < -0.39 is 0 Å². The van der Waals surface area contributed by atoms with Crippen LogP contribution in [0.15, 0.2) is 76.3 Å². The lowest BCUT2D eigenvalue weighted by Crippen LogP contribution is -2.39. The van der Waals surface area contributed by atoms with Crippen LogP contribution in [0.1, 0.15) is 42.1 Å². The maximum absolute atomic E-state index is 13.6. The van der Waals surface area contributed by atoms with E-state index in [1.54, 1.807) is 16.7 Å². The van der Waals surface area contributed by atoms with Crippen molar-refractivity contribution >= 4 is 27.6 Å². The number of hydrogen-bond acceptors (Lipinski definition) is 4. The third kappa shape index (κ3) is 3.91. The van der Waals surface area contributed by atoms with Gasteiger partial charge in [-0.15, -0.1) is 0 Å². The van der Waals surface area contributed by atoms with Crippen LogP contribution in [0, 0.1) is 5.92 Å². The average Bonchev–Trinajstić information content (AvgIpc) is 3.25. The van der Waals surface area contributed by atoms with Crippen molar-refractivity contribution in [2.24, 2.45) is 13.0 Å². The van der Waals surface area contributed by atoms with Crippen molar-refractivity contribution in [2.45, 2.75) is 39.3 Å². The number of ketones is 1. The van der Waals surface area contributed by atoms with Gasteiger partial charge in [0, 0.05) is 24.7 Å². The van der Waals surface area contributed by atoms with E-state index >= 15 is 0 Å². The monoisotopic (exact) mass is 492 g/mol. The summed E-state index contributed by atoms with van der Waals surface area (Å²) >= 11 is 0. The molecule has 1 saturated carbocycles. The maximum Gasteiger partial charge on any atom is 0.332 e. The molecule has 0 saturated heterocycles. The first-order valence-corrected chi connectivity index (χ1v) is 12.7. The SMILES string of the molecule is CC(=O)c1cccc(-c2c3c(=O)n(C)c(=O)n(CC4CCC4)c3nn2Cc2cccc3ccccc23)c1. The van der Waals surface area contributed by atoms with Crippen molar-refractivity contribution in [1.29, 1.82) is 0 Å². The molecule has 0 bridgehead atoms. The van der Waals surface area contributed by atoms with Crippen LogP contribution < -0.4 is 11.2 Å². The quantitative estimate of drug-likeness (QED) is 0.320. The van der Waals surface area contributed by atoms with Crippen LogP contribution in [0.25, 0.3) is 33.1 Å². The van der Waals surface area contributed by atoms with E-state index in [1.165, 1.54) is 18.5 Å². The Morgan fingerprint density at radius 1 is 1.00 bits per heavy atom. The van der Waals surface area contributed by atoms with Gasteiger partial charge in [0.15, 0.2) is 11.4 Å². The molecule has 0 N–H and O–H groups in total. The fourth-order valence-electron chi connectivity index (χ4n) is 5.34. The lowest BCUT2D eigenvalue weighted by molar-refractivity contribution is 0.101. The lowest BCUT2D eigenvalue weighted by atomic mass is 9.85. The number of benzene rings is 3. The zero-order chi connectivity index (χ0) is 25.7. The second-order valence-electron chi connectivity index (χ2n) is 10.0. The van der Waals surface area contributed by atoms with E-state index in [4.69, 9.17) is 5.10 Å². The minimum Gasteiger partial charge on any atom is -0.295 e. The van der Waals surface area contributed by atoms with Crippen LogP contribution in [-0.2, 0) is 20.1 Å². The minimum atomic E-state index is -0.378. The van der Waals surface area contributed by atoms with Gasteiger partial charge in [-0.05, 0) is 48.1 Å². The third-order valence-corrected chi connectivity index (χ3v) is 7.63. The van der Waals surface area contributed by atoms with Gasteiger partial charge in [0.05, 0.1) is 12.2 Å². The van der Waals surface area contributed by atoms with Crippen LogP contribution in [0.3, 0.4) is 0 Å². The Morgan fingerprint density at radius 3 is 2.51 bits per heavy atom. The Morgan fingerprint density at radius 2 is 1.76 bits per heavy atom. The summed E-state index contributed by atoms with van der Waals surface area (Å²) in [6.07, 6.45) is 3.30. The number of carbonyl (C=O) groups is 1. The highest BCUT2D eigenvalue weighted by atomic mass is 16.2. The summed E-state index contributed by atoms with van der Waals surface area (Å²) in [5, 5.41) is 7.55. The van der Waals surface area contributed by atoms with Crippen molar-refractivity contribution in [3.8, 4) is 11.3 Å². The molecule has 3 aromatic carbocycles. The molecule has 1 aliphatic carbocycles. The van der Waals surface area contributed by atoms with E-state index in [9.17, 15) is 14.4 Å². The molecule has 2 aromatic heterocycles. The number of aromatic nitrogens is 4. The molecule has 0 amide bonds. The van der Waals surface area contributed by atoms with Gasteiger partial charge in [0.1, 0.15) is 5.39 Å². The Bertz CT molecular complexity index is 1800. The Kier molecular flexibility index (Phi) is 5.63. The first kappa shape index (κ1) is 23.2. The zero-order valence-corrected chi connectivity index (χ0v) is 21.0. The largest absolute Gasteiger partial charge is 0.332 e. The van der Waals surface area contributed by atoms with Gasteiger partial charge in [-0.2, -0.15) is 5.10 Å². The van der Waals surface area contributed by atoms with Gasteiger partial charge in [-0.1, -0.05) is 67.1 Å². The van der Waals surface area contributed by atoms with Gasteiger partial charge >= 0.3 is 5.69 Å². The molecule has 0 aliphatic heterocycles. The normalized spacial score (nSPS) is 13.8. The van der Waals surface area contributed by atoms with E-state index in [-0.39, 0.29) is 17.0 Å². The lowest BCUT2D eigenvalue weighted by Gasteiger charge is -2.26. The Labute approximate surface area is 213 Å². The molecule has 0 unspecified atom stereocenters. The van der Waals surface area contributed by atoms with Gasteiger partial charge in [0.2, 0.25) is 0 Å². The molecular weight excluding hydrogens is 464 g/mol. The molecule has 6 rings (SSSR count). The Balaban J connectivity index is 1.65. The fraction of sp³-hybridized carbons (Fsp3) is 0.267. The smallest absolute Gasteiger partial charge is 0.295 e. The van der Waals surface area contributed by atoms with Crippen LogP contribution in [0.4, 0.5) is 0 Å². The first-order valence-electron chi connectivity index (χ1n) is 12.7. The van der Waals surface area contributed by atoms with Gasteiger partial charge in [0.25, 0.3) is 5.56 Å². The van der Waals surface area contributed by atoms with Crippen LogP contribution in [0.2, 0.25) is 0 Å². The van der Waals surface area contributed by atoms with E-state index in [2.05, 4.69) is 24.3 Å². The van der Waals surface area contributed by atoms with Gasteiger partial charge in [-0.25, -0.2) is 4.79 Å². The van der Waals surface area contributed by atoms with Crippen molar-refractivity contribution in [3.05, 3.63) is 98.7 Å². The van der Waals surface area contributed by atoms with Gasteiger partial charge < -0.3 is 0 Å². The summed E-state index contributed by atoms with van der Waals surface area (Å²) in [6, 6.07) is 21.6. The summed E-state index contributed by atoms with van der Waals surface area (Å²) in [5.41, 5.74) is 2.64. The molecule has 1 aliphatic rings. The van der Waals surface area contributed by atoms with E-state index in [1.807, 2.05) is 35.0 Å². The summed E-state index contributed by atoms with van der Waals surface area (Å²) in [6.45, 7) is 2.48. The van der Waals surface area contributed by atoms with Crippen LogP contribution >= 0.6 is 0 Å². The highest BCUT2D eigenvalue weighted by molar-refractivity contribution is 5.97. The molecule has 0 radical (unpaired) electrons. The predicted molar refractivity (Wildman–Crippen MR) is 145 cm³/mol. The van der Waals surface area contributed by atoms with Gasteiger partial charge in [-0.3, -0.25) is 23.4 Å². The van der Waals surface area contributed by atoms with Crippen molar-refractivity contribution in [1.82, 2.24) is 18.9 Å². The molecule has 7 heteroatoms. The summed E-state index contributed by atoms with van der Waals surface area (Å²) in [5.74, 6) is 0.354. The molecule has 37 heavy (non-hydrogen) atoms. The van der Waals surface area contributed by atoms with Crippen molar-refractivity contribution in [3.63, 3.8) is 0 Å². The van der Waals surface area contributed by atoms with Crippen LogP contribution in [-0.4, -0.2) is 24.7 Å².